The van der Waals surface area contributed by atoms with E-state index < -0.39 is 0 Å². The van der Waals surface area contributed by atoms with E-state index in [0.29, 0.717) is 36.8 Å². The van der Waals surface area contributed by atoms with Gasteiger partial charge in [0.2, 0.25) is 0 Å². The van der Waals surface area contributed by atoms with Gasteiger partial charge in [0.1, 0.15) is 5.82 Å². The number of rotatable bonds is 5. The number of fused-ring (bicyclic) bond motifs is 1. The molecule has 2 aromatic heterocycles. The minimum absolute atomic E-state index is 0.0468. The van der Waals surface area contributed by atoms with E-state index in [1.54, 1.807) is 12.3 Å². The Hall–Kier alpha value is -2.68. The number of hydrogen-bond acceptors (Lipinski definition) is 5. The molecular formula is C21H30N6O3. The summed E-state index contributed by atoms with van der Waals surface area (Å²) in [4.78, 5) is 26.8. The predicted octanol–water partition coefficient (Wildman–Crippen LogP) is 1.79. The van der Waals surface area contributed by atoms with E-state index in [1.807, 2.05) is 29.2 Å². The third-order valence-corrected chi connectivity index (χ3v) is 5.84. The van der Waals surface area contributed by atoms with Crippen LogP contribution in [-0.4, -0.2) is 70.3 Å². The van der Waals surface area contributed by atoms with Crippen molar-refractivity contribution in [3.8, 4) is 0 Å². The van der Waals surface area contributed by atoms with Crippen molar-refractivity contribution < 1.29 is 14.3 Å². The highest BCUT2D eigenvalue weighted by atomic mass is 16.5. The second-order valence-electron chi connectivity index (χ2n) is 8.51. The van der Waals surface area contributed by atoms with Gasteiger partial charge in [0.25, 0.3) is 5.91 Å². The Morgan fingerprint density at radius 2 is 2.00 bits per heavy atom. The molecule has 3 amide bonds. The minimum atomic E-state index is -0.0904. The SMILES string of the molecule is CC(C)NC(=O)N1CCC(c2nnc3ccc(C(=O)NCC4CCOCC4)cn23)C1. The zero-order valence-electron chi connectivity index (χ0n) is 17.6. The first-order valence-corrected chi connectivity index (χ1v) is 10.8. The van der Waals surface area contributed by atoms with Crippen molar-refractivity contribution in [2.75, 3.05) is 32.8 Å². The standard InChI is InChI=1S/C21H30N6O3/c1-14(2)23-21(29)26-8-5-16(12-26)19-25-24-18-4-3-17(13-27(18)19)20(28)22-11-15-6-9-30-10-7-15/h3-4,13-16H,5-12H2,1-2H3,(H,22,28)(H,23,29). The molecule has 0 spiro atoms. The maximum Gasteiger partial charge on any atom is 0.317 e. The van der Waals surface area contributed by atoms with Crippen LogP contribution >= 0.6 is 0 Å². The van der Waals surface area contributed by atoms with Crippen molar-refractivity contribution in [3.05, 3.63) is 29.7 Å². The van der Waals surface area contributed by atoms with Gasteiger partial charge in [-0.2, -0.15) is 0 Å². The highest BCUT2D eigenvalue weighted by molar-refractivity contribution is 5.94. The molecule has 2 fully saturated rings. The molecule has 0 radical (unpaired) electrons. The number of aromatic nitrogens is 3. The van der Waals surface area contributed by atoms with Gasteiger partial charge in [0.05, 0.1) is 5.56 Å². The maximum absolute atomic E-state index is 12.7. The Morgan fingerprint density at radius 3 is 2.77 bits per heavy atom. The average Bonchev–Trinajstić information content (AvgIpc) is 3.38. The molecule has 0 bridgehead atoms. The average molecular weight is 415 g/mol. The molecule has 2 aliphatic rings. The highest BCUT2D eigenvalue weighted by Gasteiger charge is 2.30. The van der Waals surface area contributed by atoms with Gasteiger partial charge in [0.15, 0.2) is 5.65 Å². The van der Waals surface area contributed by atoms with Gasteiger partial charge < -0.3 is 20.3 Å². The topological polar surface area (TPSA) is 101 Å². The number of hydrogen-bond donors (Lipinski definition) is 2. The third-order valence-electron chi connectivity index (χ3n) is 5.84. The molecule has 1 unspecified atom stereocenters. The van der Waals surface area contributed by atoms with Crippen LogP contribution in [0.25, 0.3) is 5.65 Å². The first kappa shape index (κ1) is 20.6. The monoisotopic (exact) mass is 414 g/mol. The predicted molar refractivity (Wildman–Crippen MR) is 111 cm³/mol. The Labute approximate surface area is 176 Å². The van der Waals surface area contributed by atoms with Gasteiger partial charge in [0, 0.05) is 51.0 Å². The molecule has 30 heavy (non-hydrogen) atoms. The molecule has 2 saturated heterocycles. The van der Waals surface area contributed by atoms with Gasteiger partial charge in [-0.05, 0) is 51.2 Å². The zero-order valence-corrected chi connectivity index (χ0v) is 17.6. The van der Waals surface area contributed by atoms with Crippen molar-refractivity contribution in [2.24, 2.45) is 5.92 Å². The molecule has 4 heterocycles. The molecule has 2 aliphatic heterocycles. The first-order valence-electron chi connectivity index (χ1n) is 10.8. The summed E-state index contributed by atoms with van der Waals surface area (Å²) in [7, 11) is 0. The zero-order chi connectivity index (χ0) is 21.1. The van der Waals surface area contributed by atoms with E-state index in [2.05, 4.69) is 20.8 Å². The van der Waals surface area contributed by atoms with Gasteiger partial charge in [-0.1, -0.05) is 0 Å². The Kier molecular flexibility index (Phi) is 6.17. The summed E-state index contributed by atoms with van der Waals surface area (Å²) in [5, 5.41) is 14.6. The molecule has 4 rings (SSSR count). The van der Waals surface area contributed by atoms with Crippen LogP contribution in [-0.2, 0) is 4.74 Å². The van der Waals surface area contributed by atoms with Gasteiger partial charge >= 0.3 is 6.03 Å². The van der Waals surface area contributed by atoms with E-state index in [4.69, 9.17) is 4.74 Å². The molecule has 2 aromatic rings. The normalized spacial score (nSPS) is 20.1. The van der Waals surface area contributed by atoms with Crippen molar-refractivity contribution >= 4 is 17.6 Å². The maximum atomic E-state index is 12.7. The summed E-state index contributed by atoms with van der Waals surface area (Å²) in [5.74, 6) is 1.27. The number of nitrogens with one attached hydrogen (secondary N) is 2. The van der Waals surface area contributed by atoms with Gasteiger partial charge in [-0.3, -0.25) is 9.20 Å². The third kappa shape index (κ3) is 4.56. The molecule has 0 saturated carbocycles. The quantitative estimate of drug-likeness (QED) is 0.777. The smallest absolute Gasteiger partial charge is 0.317 e. The first-order chi connectivity index (χ1) is 14.5. The van der Waals surface area contributed by atoms with Crippen LogP contribution in [0, 0.1) is 5.92 Å². The number of ether oxygens (including phenoxy) is 1. The van der Waals surface area contributed by atoms with E-state index >= 15 is 0 Å². The van der Waals surface area contributed by atoms with Crippen molar-refractivity contribution in [2.45, 2.75) is 45.1 Å². The summed E-state index contributed by atoms with van der Waals surface area (Å²) >= 11 is 0. The van der Waals surface area contributed by atoms with E-state index in [-0.39, 0.29) is 23.9 Å². The van der Waals surface area contributed by atoms with E-state index in [1.165, 1.54) is 0 Å². The number of urea groups is 1. The lowest BCUT2D eigenvalue weighted by molar-refractivity contribution is 0.0642. The molecule has 9 heteroatoms. The lowest BCUT2D eigenvalue weighted by Gasteiger charge is -2.22. The Morgan fingerprint density at radius 1 is 1.20 bits per heavy atom. The largest absolute Gasteiger partial charge is 0.381 e. The van der Waals surface area contributed by atoms with Gasteiger partial charge in [-0.25, -0.2) is 4.79 Å². The summed E-state index contributed by atoms with van der Waals surface area (Å²) in [6.45, 7) is 7.38. The second kappa shape index (κ2) is 8.99. The van der Waals surface area contributed by atoms with Crippen LogP contribution < -0.4 is 10.6 Å². The highest BCUT2D eigenvalue weighted by Crippen LogP contribution is 2.26. The lowest BCUT2D eigenvalue weighted by Crippen LogP contribution is -2.41. The van der Waals surface area contributed by atoms with Crippen LogP contribution in [0.1, 0.15) is 55.2 Å². The van der Waals surface area contributed by atoms with Crippen LogP contribution in [0.4, 0.5) is 4.79 Å². The summed E-state index contributed by atoms with van der Waals surface area (Å²) < 4.78 is 7.26. The molecule has 0 aliphatic carbocycles. The molecule has 162 valence electrons. The van der Waals surface area contributed by atoms with Gasteiger partial charge in [-0.15, -0.1) is 10.2 Å². The van der Waals surface area contributed by atoms with Crippen LogP contribution in [0.15, 0.2) is 18.3 Å². The number of carbonyl (C=O) groups is 2. The number of amides is 3. The van der Waals surface area contributed by atoms with Crippen molar-refractivity contribution in [3.63, 3.8) is 0 Å². The van der Waals surface area contributed by atoms with Crippen molar-refractivity contribution in [1.29, 1.82) is 0 Å². The molecule has 9 nitrogen and oxygen atoms in total. The van der Waals surface area contributed by atoms with Crippen molar-refractivity contribution in [1.82, 2.24) is 30.1 Å². The van der Waals surface area contributed by atoms with Crippen LogP contribution in [0.3, 0.4) is 0 Å². The van der Waals surface area contributed by atoms with Crippen LogP contribution in [0.2, 0.25) is 0 Å². The number of carbonyl (C=O) groups excluding carboxylic acids is 2. The van der Waals surface area contributed by atoms with E-state index in [0.717, 1.165) is 38.3 Å². The number of pyridine rings is 1. The molecule has 2 N–H and O–H groups in total. The van der Waals surface area contributed by atoms with E-state index in [9.17, 15) is 9.59 Å². The fourth-order valence-electron chi connectivity index (χ4n) is 4.10. The fraction of sp³-hybridized carbons (Fsp3) is 0.619. The Bertz CT molecular complexity index is 905. The number of nitrogens with zero attached hydrogens (tertiary/aromatic N) is 4. The fourth-order valence-corrected chi connectivity index (χ4v) is 4.10. The second-order valence-corrected chi connectivity index (χ2v) is 8.51. The molecular weight excluding hydrogens is 384 g/mol. The lowest BCUT2D eigenvalue weighted by atomic mass is 10.0. The molecule has 1 atom stereocenters. The van der Waals surface area contributed by atoms with Crippen LogP contribution in [0.5, 0.6) is 0 Å². The number of likely N-dealkylation sites (tertiary alicyclic amines) is 1. The molecule has 0 aromatic carbocycles. The summed E-state index contributed by atoms with van der Waals surface area (Å²) in [5.41, 5.74) is 1.29. The minimum Gasteiger partial charge on any atom is -0.381 e. The summed E-state index contributed by atoms with van der Waals surface area (Å²) in [6, 6.07) is 3.66. The Balaban J connectivity index is 1.44. The summed E-state index contributed by atoms with van der Waals surface area (Å²) in [6.07, 6.45) is 4.60.